The lowest BCUT2D eigenvalue weighted by atomic mass is 10.0. The second-order valence-corrected chi connectivity index (χ2v) is 5.36. The van der Waals surface area contributed by atoms with Crippen molar-refractivity contribution in [3.63, 3.8) is 0 Å². The second-order valence-electron chi connectivity index (χ2n) is 4.96. The van der Waals surface area contributed by atoms with Crippen LogP contribution in [-0.4, -0.2) is 16.3 Å². The van der Waals surface area contributed by atoms with E-state index in [1.807, 2.05) is 17.7 Å². The fourth-order valence-corrected chi connectivity index (χ4v) is 2.83. The maximum absolute atomic E-state index is 6.47. The molecule has 0 spiro atoms. The lowest BCUT2D eigenvalue weighted by Gasteiger charge is -2.09. The Morgan fingerprint density at radius 2 is 2.00 bits per heavy atom. The fraction of sp³-hybridized carbons (Fsp3) is 0.438. The predicted molar refractivity (Wildman–Crippen MR) is 85.2 cm³/mol. The first-order valence-electron chi connectivity index (χ1n) is 7.12. The molecule has 20 heavy (non-hydrogen) atoms. The summed E-state index contributed by atoms with van der Waals surface area (Å²) < 4.78 is 2.02. The Morgan fingerprint density at radius 3 is 2.55 bits per heavy atom. The largest absolute Gasteiger partial charge is 0.313 e. The van der Waals surface area contributed by atoms with Gasteiger partial charge in [-0.15, -0.1) is 0 Å². The standard InChI is InChI=1S/C16H22ClN3/c1-5-18-10-13-7-8-14(15(17)9-13)16-11(3)19-20(6-2)12(16)4/h7-9,18H,5-6,10H2,1-4H3. The van der Waals surface area contributed by atoms with E-state index in [0.29, 0.717) is 0 Å². The number of rotatable bonds is 5. The summed E-state index contributed by atoms with van der Waals surface area (Å²) in [6.07, 6.45) is 0. The third-order valence-corrected chi connectivity index (χ3v) is 3.88. The molecule has 0 aliphatic rings. The number of nitrogens with one attached hydrogen (secondary N) is 1. The Bertz CT molecular complexity index is 602. The van der Waals surface area contributed by atoms with Crippen molar-refractivity contribution in [1.82, 2.24) is 15.1 Å². The summed E-state index contributed by atoms with van der Waals surface area (Å²) in [4.78, 5) is 0. The molecular formula is C16H22ClN3. The van der Waals surface area contributed by atoms with Gasteiger partial charge in [0.1, 0.15) is 0 Å². The molecule has 0 radical (unpaired) electrons. The Morgan fingerprint density at radius 1 is 1.25 bits per heavy atom. The molecule has 0 aliphatic carbocycles. The zero-order valence-corrected chi connectivity index (χ0v) is 13.4. The molecule has 1 N–H and O–H groups in total. The smallest absolute Gasteiger partial charge is 0.0675 e. The van der Waals surface area contributed by atoms with Gasteiger partial charge in [0, 0.05) is 34.9 Å². The molecule has 0 saturated carbocycles. The van der Waals surface area contributed by atoms with Gasteiger partial charge in [-0.3, -0.25) is 4.68 Å². The molecule has 0 saturated heterocycles. The van der Waals surface area contributed by atoms with E-state index in [2.05, 4.69) is 43.3 Å². The average Bonchev–Trinajstić information content (AvgIpc) is 2.72. The minimum Gasteiger partial charge on any atom is -0.313 e. The summed E-state index contributed by atoms with van der Waals surface area (Å²) in [6, 6.07) is 6.28. The monoisotopic (exact) mass is 291 g/mol. The van der Waals surface area contributed by atoms with Gasteiger partial charge in [0.15, 0.2) is 0 Å². The normalized spacial score (nSPS) is 11.1. The van der Waals surface area contributed by atoms with E-state index >= 15 is 0 Å². The van der Waals surface area contributed by atoms with Crippen LogP contribution in [0.3, 0.4) is 0 Å². The van der Waals surface area contributed by atoms with Gasteiger partial charge in [0.2, 0.25) is 0 Å². The summed E-state index contributed by atoms with van der Waals surface area (Å²) in [7, 11) is 0. The van der Waals surface area contributed by atoms with E-state index in [1.165, 1.54) is 11.3 Å². The topological polar surface area (TPSA) is 29.9 Å². The lowest BCUT2D eigenvalue weighted by molar-refractivity contribution is 0.634. The predicted octanol–water partition coefficient (Wildman–Crippen LogP) is 3.95. The van der Waals surface area contributed by atoms with Gasteiger partial charge in [0.05, 0.1) is 5.69 Å². The lowest BCUT2D eigenvalue weighted by Crippen LogP contribution is -2.11. The SMILES string of the molecule is CCNCc1ccc(-c2c(C)nn(CC)c2C)c(Cl)c1. The minimum atomic E-state index is 0.794. The highest BCUT2D eigenvalue weighted by Gasteiger charge is 2.15. The maximum Gasteiger partial charge on any atom is 0.0675 e. The first-order chi connectivity index (χ1) is 9.58. The molecule has 0 unspecified atom stereocenters. The van der Waals surface area contributed by atoms with Crippen LogP contribution in [-0.2, 0) is 13.1 Å². The highest BCUT2D eigenvalue weighted by molar-refractivity contribution is 6.33. The molecule has 2 rings (SSSR count). The van der Waals surface area contributed by atoms with Crippen LogP contribution in [0.25, 0.3) is 11.1 Å². The number of aryl methyl sites for hydroxylation is 2. The first kappa shape index (κ1) is 15.1. The Kier molecular flexibility index (Phi) is 4.84. The van der Waals surface area contributed by atoms with E-state index < -0.39 is 0 Å². The highest BCUT2D eigenvalue weighted by atomic mass is 35.5. The van der Waals surface area contributed by atoms with Gasteiger partial charge in [0.25, 0.3) is 0 Å². The third-order valence-electron chi connectivity index (χ3n) is 3.56. The minimum absolute atomic E-state index is 0.794. The van der Waals surface area contributed by atoms with Crippen LogP contribution >= 0.6 is 11.6 Å². The van der Waals surface area contributed by atoms with Crippen molar-refractivity contribution >= 4 is 11.6 Å². The van der Waals surface area contributed by atoms with Crippen LogP contribution in [0.15, 0.2) is 18.2 Å². The molecule has 1 aromatic carbocycles. The molecule has 0 fully saturated rings. The van der Waals surface area contributed by atoms with E-state index in [0.717, 1.165) is 41.5 Å². The number of aromatic nitrogens is 2. The van der Waals surface area contributed by atoms with Gasteiger partial charge < -0.3 is 5.32 Å². The van der Waals surface area contributed by atoms with E-state index in [-0.39, 0.29) is 0 Å². The quantitative estimate of drug-likeness (QED) is 0.904. The van der Waals surface area contributed by atoms with Gasteiger partial charge in [-0.25, -0.2) is 0 Å². The Labute approximate surface area is 126 Å². The maximum atomic E-state index is 6.47. The molecule has 0 amide bonds. The number of nitrogens with zero attached hydrogens (tertiary/aromatic N) is 2. The van der Waals surface area contributed by atoms with Crippen molar-refractivity contribution in [2.45, 2.75) is 40.8 Å². The number of halogens is 1. The summed E-state index contributed by atoms with van der Waals surface area (Å²) in [5.41, 5.74) is 5.64. The van der Waals surface area contributed by atoms with Crippen LogP contribution < -0.4 is 5.32 Å². The second kappa shape index (κ2) is 6.42. The molecular weight excluding hydrogens is 270 g/mol. The van der Waals surface area contributed by atoms with Crippen molar-refractivity contribution in [1.29, 1.82) is 0 Å². The molecule has 108 valence electrons. The molecule has 3 nitrogen and oxygen atoms in total. The van der Waals surface area contributed by atoms with E-state index in [9.17, 15) is 0 Å². The van der Waals surface area contributed by atoms with Crippen molar-refractivity contribution in [2.24, 2.45) is 0 Å². The fourth-order valence-electron chi connectivity index (χ4n) is 2.54. The average molecular weight is 292 g/mol. The van der Waals surface area contributed by atoms with Crippen LogP contribution in [0, 0.1) is 13.8 Å². The van der Waals surface area contributed by atoms with Crippen LogP contribution in [0.4, 0.5) is 0 Å². The molecule has 4 heteroatoms. The molecule has 1 aromatic heterocycles. The van der Waals surface area contributed by atoms with E-state index in [4.69, 9.17) is 11.6 Å². The number of hydrogen-bond donors (Lipinski definition) is 1. The first-order valence-corrected chi connectivity index (χ1v) is 7.49. The number of hydrogen-bond acceptors (Lipinski definition) is 2. The van der Waals surface area contributed by atoms with E-state index in [1.54, 1.807) is 0 Å². The Balaban J connectivity index is 2.41. The molecule has 2 aromatic rings. The molecule has 0 atom stereocenters. The third kappa shape index (κ3) is 2.89. The van der Waals surface area contributed by atoms with Crippen molar-refractivity contribution in [3.8, 4) is 11.1 Å². The summed E-state index contributed by atoms with van der Waals surface area (Å²) >= 11 is 6.47. The molecule has 0 aliphatic heterocycles. The Hall–Kier alpha value is -1.32. The van der Waals surface area contributed by atoms with Gasteiger partial charge in [-0.2, -0.15) is 5.10 Å². The summed E-state index contributed by atoms with van der Waals surface area (Å²) in [5, 5.41) is 8.67. The van der Waals surface area contributed by atoms with Crippen molar-refractivity contribution in [2.75, 3.05) is 6.54 Å². The van der Waals surface area contributed by atoms with Crippen LogP contribution in [0.5, 0.6) is 0 Å². The van der Waals surface area contributed by atoms with Crippen molar-refractivity contribution < 1.29 is 0 Å². The number of benzene rings is 1. The zero-order chi connectivity index (χ0) is 14.7. The summed E-state index contributed by atoms with van der Waals surface area (Å²) in [6.45, 7) is 11.0. The van der Waals surface area contributed by atoms with Gasteiger partial charge in [-0.1, -0.05) is 30.7 Å². The van der Waals surface area contributed by atoms with Crippen molar-refractivity contribution in [3.05, 3.63) is 40.2 Å². The van der Waals surface area contributed by atoms with Crippen LogP contribution in [0.1, 0.15) is 30.8 Å². The zero-order valence-electron chi connectivity index (χ0n) is 12.6. The van der Waals surface area contributed by atoms with Gasteiger partial charge in [-0.05, 0) is 38.9 Å². The van der Waals surface area contributed by atoms with Crippen LogP contribution in [0.2, 0.25) is 5.02 Å². The molecule has 0 bridgehead atoms. The summed E-state index contributed by atoms with van der Waals surface area (Å²) in [5.74, 6) is 0. The highest BCUT2D eigenvalue weighted by Crippen LogP contribution is 2.33. The molecule has 1 heterocycles. The van der Waals surface area contributed by atoms with Gasteiger partial charge >= 0.3 is 0 Å².